The molecule has 0 aliphatic heterocycles. The topological polar surface area (TPSA) is 72.7 Å². The van der Waals surface area contributed by atoms with E-state index in [1.807, 2.05) is 16.8 Å². The van der Waals surface area contributed by atoms with Gasteiger partial charge in [0.1, 0.15) is 0 Å². The largest absolute Gasteiger partial charge is 0.325 e. The zero-order valence-corrected chi connectivity index (χ0v) is 14.8. The molecule has 1 saturated carbocycles. The minimum absolute atomic E-state index is 0.0379. The molecule has 0 saturated heterocycles. The number of nitrogens with zero attached hydrogens (tertiary/aromatic N) is 4. The van der Waals surface area contributed by atoms with Gasteiger partial charge in [-0.25, -0.2) is 4.68 Å². The third kappa shape index (κ3) is 4.80. The van der Waals surface area contributed by atoms with Crippen LogP contribution in [-0.4, -0.2) is 31.9 Å². The number of anilines is 1. The van der Waals surface area contributed by atoms with Crippen molar-refractivity contribution in [1.82, 2.24) is 20.2 Å². The summed E-state index contributed by atoms with van der Waals surface area (Å²) >= 11 is 1.38. The van der Waals surface area contributed by atoms with Gasteiger partial charge in [0.2, 0.25) is 11.1 Å². The molecule has 24 heavy (non-hydrogen) atoms. The summed E-state index contributed by atoms with van der Waals surface area (Å²) in [6, 6.07) is 8.54. The molecule has 1 aliphatic carbocycles. The lowest BCUT2D eigenvalue weighted by atomic mass is 10.1. The van der Waals surface area contributed by atoms with Gasteiger partial charge >= 0.3 is 0 Å². The van der Waals surface area contributed by atoms with Crippen molar-refractivity contribution in [2.24, 2.45) is 0 Å². The number of thioether (sulfide) groups is 1. The average Bonchev–Trinajstić information content (AvgIpc) is 3.33. The zero-order valence-electron chi connectivity index (χ0n) is 13.9. The highest BCUT2D eigenvalue weighted by Gasteiger charge is 2.28. The highest BCUT2D eigenvalue weighted by Crippen LogP contribution is 2.36. The van der Waals surface area contributed by atoms with E-state index in [4.69, 9.17) is 0 Å². The summed E-state index contributed by atoms with van der Waals surface area (Å²) in [5.41, 5.74) is 2.15. The SMILES string of the molecule is CCCCCc1ccc(NC(=O)CSc2nnnn2C2CC2)cc1. The van der Waals surface area contributed by atoms with Crippen LogP contribution >= 0.6 is 11.8 Å². The van der Waals surface area contributed by atoms with Crippen LogP contribution in [0.15, 0.2) is 29.4 Å². The number of rotatable bonds is 9. The standard InChI is InChI=1S/C17H23N5OS/c1-2-3-4-5-13-6-8-14(9-7-13)18-16(23)12-24-17-19-20-21-22(17)15-10-11-15/h6-9,15H,2-5,10-12H2,1H3,(H,18,23). The fourth-order valence-corrected chi connectivity index (χ4v) is 3.23. The fraction of sp³-hybridized carbons (Fsp3) is 0.529. The van der Waals surface area contributed by atoms with Gasteiger partial charge < -0.3 is 5.32 Å². The van der Waals surface area contributed by atoms with Gasteiger partial charge in [-0.2, -0.15) is 0 Å². The predicted octanol–water partition coefficient (Wildman–Crippen LogP) is 3.47. The Morgan fingerprint density at radius 3 is 2.79 bits per heavy atom. The summed E-state index contributed by atoms with van der Waals surface area (Å²) in [6.07, 6.45) is 7.05. The number of carbonyl (C=O) groups is 1. The van der Waals surface area contributed by atoms with Crippen LogP contribution in [0.2, 0.25) is 0 Å². The minimum Gasteiger partial charge on any atom is -0.325 e. The van der Waals surface area contributed by atoms with E-state index in [2.05, 4.69) is 39.9 Å². The van der Waals surface area contributed by atoms with E-state index in [9.17, 15) is 4.79 Å². The third-order valence-corrected chi connectivity index (χ3v) is 4.93. The quantitative estimate of drug-likeness (QED) is 0.556. The Bertz CT molecular complexity index is 666. The summed E-state index contributed by atoms with van der Waals surface area (Å²) in [5.74, 6) is 0.273. The van der Waals surface area contributed by atoms with E-state index in [0.717, 1.165) is 30.1 Å². The second kappa shape index (κ2) is 8.28. The molecule has 7 heteroatoms. The molecule has 6 nitrogen and oxygen atoms in total. The normalized spacial score (nSPS) is 13.9. The Hall–Kier alpha value is -1.89. The maximum absolute atomic E-state index is 12.1. The Balaban J connectivity index is 1.45. The van der Waals surface area contributed by atoms with E-state index in [0.29, 0.717) is 11.8 Å². The van der Waals surface area contributed by atoms with Gasteiger partial charge in [0.05, 0.1) is 11.8 Å². The van der Waals surface area contributed by atoms with Crippen LogP contribution in [0.3, 0.4) is 0 Å². The number of amides is 1. The van der Waals surface area contributed by atoms with Crippen molar-refractivity contribution in [3.8, 4) is 0 Å². The number of tetrazole rings is 1. The molecule has 1 fully saturated rings. The Morgan fingerprint density at radius 2 is 2.08 bits per heavy atom. The lowest BCUT2D eigenvalue weighted by molar-refractivity contribution is -0.113. The molecule has 1 amide bonds. The molecule has 1 heterocycles. The van der Waals surface area contributed by atoms with Gasteiger partial charge in [-0.05, 0) is 53.8 Å². The third-order valence-electron chi connectivity index (χ3n) is 3.99. The average molecular weight is 345 g/mol. The maximum atomic E-state index is 12.1. The second-order valence-corrected chi connectivity index (χ2v) is 7.07. The Kier molecular flexibility index (Phi) is 5.85. The molecule has 1 aromatic carbocycles. The fourth-order valence-electron chi connectivity index (χ4n) is 2.49. The highest BCUT2D eigenvalue weighted by molar-refractivity contribution is 7.99. The maximum Gasteiger partial charge on any atom is 0.234 e. The smallest absolute Gasteiger partial charge is 0.234 e. The first kappa shape index (κ1) is 17.0. The second-order valence-electron chi connectivity index (χ2n) is 6.13. The zero-order chi connectivity index (χ0) is 16.8. The molecule has 3 rings (SSSR count). The van der Waals surface area contributed by atoms with Crippen molar-refractivity contribution in [2.75, 3.05) is 11.1 Å². The first-order chi connectivity index (χ1) is 11.8. The summed E-state index contributed by atoms with van der Waals surface area (Å²) in [6.45, 7) is 2.21. The van der Waals surface area contributed by atoms with E-state index in [1.165, 1.54) is 36.6 Å². The predicted molar refractivity (Wildman–Crippen MR) is 95.1 cm³/mol. The van der Waals surface area contributed by atoms with E-state index < -0.39 is 0 Å². The van der Waals surface area contributed by atoms with Crippen molar-refractivity contribution in [3.63, 3.8) is 0 Å². The molecule has 2 aromatic rings. The number of aromatic nitrogens is 4. The van der Waals surface area contributed by atoms with Crippen molar-refractivity contribution in [3.05, 3.63) is 29.8 Å². The number of carbonyl (C=O) groups excluding carboxylic acids is 1. The van der Waals surface area contributed by atoms with Crippen molar-refractivity contribution >= 4 is 23.4 Å². The lowest BCUT2D eigenvalue weighted by Gasteiger charge is -2.07. The molecule has 128 valence electrons. The number of hydrogen-bond donors (Lipinski definition) is 1. The first-order valence-corrected chi connectivity index (χ1v) is 9.54. The molecule has 1 aromatic heterocycles. The van der Waals surface area contributed by atoms with Gasteiger partial charge in [-0.15, -0.1) is 5.10 Å². The number of hydrogen-bond acceptors (Lipinski definition) is 5. The number of benzene rings is 1. The van der Waals surface area contributed by atoms with Crippen molar-refractivity contribution in [1.29, 1.82) is 0 Å². The molecule has 1 N–H and O–H groups in total. The molecule has 0 spiro atoms. The Labute approximate surface area is 146 Å². The van der Waals surface area contributed by atoms with Gasteiger partial charge in [0.15, 0.2) is 0 Å². The summed E-state index contributed by atoms with van der Waals surface area (Å²) in [7, 11) is 0. The summed E-state index contributed by atoms with van der Waals surface area (Å²) in [5, 5.41) is 15.3. The number of unbranched alkanes of at least 4 members (excludes halogenated alkanes) is 2. The van der Waals surface area contributed by atoms with Crippen molar-refractivity contribution in [2.45, 2.75) is 56.6 Å². The highest BCUT2D eigenvalue weighted by atomic mass is 32.2. The molecule has 0 atom stereocenters. The number of nitrogens with one attached hydrogen (secondary N) is 1. The van der Waals surface area contributed by atoms with E-state index in [-0.39, 0.29) is 5.91 Å². The molecule has 0 radical (unpaired) electrons. The van der Waals surface area contributed by atoms with Gasteiger partial charge in [-0.3, -0.25) is 4.79 Å². The van der Waals surface area contributed by atoms with Crippen LogP contribution in [0.5, 0.6) is 0 Å². The molecule has 1 aliphatic rings. The first-order valence-electron chi connectivity index (χ1n) is 8.55. The van der Waals surface area contributed by atoms with Crippen LogP contribution in [0.1, 0.15) is 50.6 Å². The van der Waals surface area contributed by atoms with E-state index >= 15 is 0 Å². The van der Waals surface area contributed by atoms with Gasteiger partial charge in [0.25, 0.3) is 0 Å². The van der Waals surface area contributed by atoms with E-state index in [1.54, 1.807) is 0 Å². The van der Waals surface area contributed by atoms with Crippen LogP contribution < -0.4 is 5.32 Å². The lowest BCUT2D eigenvalue weighted by Crippen LogP contribution is -2.14. The van der Waals surface area contributed by atoms with Crippen LogP contribution in [0.4, 0.5) is 5.69 Å². The summed E-state index contributed by atoms with van der Waals surface area (Å²) in [4.78, 5) is 12.1. The monoisotopic (exact) mass is 345 g/mol. The van der Waals surface area contributed by atoms with Crippen LogP contribution in [0.25, 0.3) is 0 Å². The van der Waals surface area contributed by atoms with Crippen molar-refractivity contribution < 1.29 is 4.79 Å². The molecule has 0 bridgehead atoms. The molecule has 0 unspecified atom stereocenters. The minimum atomic E-state index is -0.0379. The summed E-state index contributed by atoms with van der Waals surface area (Å²) < 4.78 is 1.82. The molecular weight excluding hydrogens is 322 g/mol. The molecular formula is C17H23N5OS. The van der Waals surface area contributed by atoms with Crippen LogP contribution in [0, 0.1) is 0 Å². The van der Waals surface area contributed by atoms with Gasteiger partial charge in [-0.1, -0.05) is 43.7 Å². The van der Waals surface area contributed by atoms with Gasteiger partial charge in [0, 0.05) is 5.69 Å². The number of aryl methyl sites for hydroxylation is 1. The van der Waals surface area contributed by atoms with Crippen LogP contribution in [-0.2, 0) is 11.2 Å². The Morgan fingerprint density at radius 1 is 1.29 bits per heavy atom.